The number of hydrogen-bond donors (Lipinski definition) is 0. The fourth-order valence-electron chi connectivity index (χ4n) is 1.18. The minimum Gasteiger partial charge on any atom is -0.468 e. The molecule has 3 heteroatoms. The number of carbonyl (C=O) groups is 1. The first-order valence-electron chi connectivity index (χ1n) is 5.64. The molecular weight excluding hydrogens is 208 g/mol. The van der Waals surface area contributed by atoms with E-state index >= 15 is 0 Å². The Bertz CT molecular complexity index is 178. The monoisotopic (exact) mass is 230 g/mol. The number of allylic oxidation sites excluding steroid dienone is 1. The molecule has 0 radical (unpaired) electrons. The Morgan fingerprint density at radius 2 is 2.00 bits per heavy atom. The van der Waals surface area contributed by atoms with Crippen molar-refractivity contribution in [1.82, 2.24) is 0 Å². The Labute approximate surface area is 97.5 Å². The van der Waals surface area contributed by atoms with Crippen molar-refractivity contribution in [3.63, 3.8) is 0 Å². The third-order valence-electron chi connectivity index (χ3n) is 2.10. The van der Waals surface area contributed by atoms with Gasteiger partial charge >= 0.3 is 5.97 Å². The lowest BCUT2D eigenvalue weighted by Crippen LogP contribution is -2.01. The first-order valence-corrected chi connectivity index (χ1v) is 6.69. The highest BCUT2D eigenvalue weighted by Gasteiger charge is 1.95. The van der Waals surface area contributed by atoms with Crippen LogP contribution in [-0.2, 0) is 9.53 Å². The number of ether oxygens (including phenoxy) is 1. The molecule has 0 fully saturated rings. The summed E-state index contributed by atoms with van der Waals surface area (Å²) in [6.07, 6.45) is 9.83. The van der Waals surface area contributed by atoms with Gasteiger partial charge in [0.25, 0.3) is 0 Å². The van der Waals surface area contributed by atoms with Crippen molar-refractivity contribution in [3.05, 3.63) is 11.5 Å². The Kier molecular flexibility index (Phi) is 11.3. The summed E-state index contributed by atoms with van der Waals surface area (Å²) in [5, 5.41) is 2.00. The molecule has 0 rings (SSSR count). The highest BCUT2D eigenvalue weighted by atomic mass is 32.2. The van der Waals surface area contributed by atoms with Crippen molar-refractivity contribution in [2.24, 2.45) is 0 Å². The van der Waals surface area contributed by atoms with E-state index in [4.69, 9.17) is 0 Å². The number of rotatable bonds is 9. The van der Waals surface area contributed by atoms with E-state index in [1.807, 2.05) is 5.41 Å². The molecule has 88 valence electrons. The van der Waals surface area contributed by atoms with Crippen LogP contribution in [0.3, 0.4) is 0 Å². The Hall–Kier alpha value is -0.440. The molecule has 0 saturated carbocycles. The van der Waals surface area contributed by atoms with Crippen molar-refractivity contribution >= 4 is 17.7 Å². The maximum Gasteiger partial charge on any atom is 0.315 e. The average Bonchev–Trinajstić information content (AvgIpc) is 2.26. The van der Waals surface area contributed by atoms with Gasteiger partial charge < -0.3 is 4.74 Å². The summed E-state index contributed by atoms with van der Waals surface area (Å²) in [5.41, 5.74) is 0. The molecule has 2 nitrogen and oxygen atoms in total. The van der Waals surface area contributed by atoms with E-state index in [-0.39, 0.29) is 5.97 Å². The van der Waals surface area contributed by atoms with E-state index in [2.05, 4.69) is 17.7 Å². The van der Waals surface area contributed by atoms with Crippen molar-refractivity contribution in [3.8, 4) is 0 Å². The third-order valence-corrected chi connectivity index (χ3v) is 2.88. The summed E-state index contributed by atoms with van der Waals surface area (Å²) in [7, 11) is 1.42. The van der Waals surface area contributed by atoms with Crippen molar-refractivity contribution < 1.29 is 9.53 Å². The highest BCUT2D eigenvalue weighted by Crippen LogP contribution is 2.08. The van der Waals surface area contributed by atoms with Crippen LogP contribution in [0.2, 0.25) is 0 Å². The van der Waals surface area contributed by atoms with E-state index in [9.17, 15) is 4.79 Å². The molecule has 0 spiro atoms. The minimum atomic E-state index is -0.160. The fourth-order valence-corrected chi connectivity index (χ4v) is 1.80. The van der Waals surface area contributed by atoms with Crippen molar-refractivity contribution in [2.75, 3.05) is 12.9 Å². The zero-order valence-corrected chi connectivity index (χ0v) is 10.6. The van der Waals surface area contributed by atoms with Gasteiger partial charge in [0.15, 0.2) is 0 Å². The molecule has 0 unspecified atom stereocenters. The van der Waals surface area contributed by atoms with Crippen LogP contribution in [0.5, 0.6) is 0 Å². The number of carbonyl (C=O) groups excluding carboxylic acids is 1. The molecule has 0 aliphatic heterocycles. The minimum absolute atomic E-state index is 0.160. The normalized spacial score (nSPS) is 10.8. The largest absolute Gasteiger partial charge is 0.468 e. The molecule has 0 amide bonds. The highest BCUT2D eigenvalue weighted by molar-refractivity contribution is 8.02. The van der Waals surface area contributed by atoms with Gasteiger partial charge in [0.2, 0.25) is 0 Å². The smallest absolute Gasteiger partial charge is 0.315 e. The van der Waals surface area contributed by atoms with Gasteiger partial charge in [-0.25, -0.2) is 0 Å². The second-order valence-corrected chi connectivity index (χ2v) is 4.36. The molecule has 0 N–H and O–H groups in total. The zero-order chi connectivity index (χ0) is 11.4. The number of thioether (sulfide) groups is 1. The van der Waals surface area contributed by atoms with Crippen LogP contribution in [0.15, 0.2) is 11.5 Å². The Morgan fingerprint density at radius 3 is 2.67 bits per heavy atom. The van der Waals surface area contributed by atoms with Crippen LogP contribution in [0.25, 0.3) is 0 Å². The zero-order valence-electron chi connectivity index (χ0n) is 9.83. The Morgan fingerprint density at radius 1 is 1.27 bits per heavy atom. The van der Waals surface area contributed by atoms with Crippen molar-refractivity contribution in [2.45, 2.75) is 45.4 Å². The Balaban J connectivity index is 3.14. The van der Waals surface area contributed by atoms with Gasteiger partial charge in [-0.15, -0.1) is 11.8 Å². The SMILES string of the molecule is CCCCCCCC=CSCC(=O)OC. The quantitative estimate of drug-likeness (QED) is 0.445. The van der Waals surface area contributed by atoms with E-state index in [0.717, 1.165) is 6.42 Å². The maximum absolute atomic E-state index is 10.7. The van der Waals surface area contributed by atoms with Gasteiger partial charge in [-0.1, -0.05) is 38.7 Å². The van der Waals surface area contributed by atoms with Gasteiger partial charge in [-0.3, -0.25) is 4.79 Å². The summed E-state index contributed by atoms with van der Waals surface area (Å²) in [4.78, 5) is 10.7. The topological polar surface area (TPSA) is 26.3 Å². The molecule has 0 aromatic carbocycles. The third kappa shape index (κ3) is 11.5. The second kappa shape index (κ2) is 11.6. The van der Waals surface area contributed by atoms with Gasteiger partial charge in [0.05, 0.1) is 12.9 Å². The molecule has 0 aromatic heterocycles. The van der Waals surface area contributed by atoms with Gasteiger partial charge in [-0.2, -0.15) is 0 Å². The van der Waals surface area contributed by atoms with E-state index in [1.54, 1.807) is 0 Å². The predicted molar refractivity (Wildman–Crippen MR) is 67.0 cm³/mol. The van der Waals surface area contributed by atoms with Crippen LogP contribution in [0, 0.1) is 0 Å². The van der Waals surface area contributed by atoms with E-state index < -0.39 is 0 Å². The summed E-state index contributed by atoms with van der Waals surface area (Å²) < 4.78 is 4.53. The van der Waals surface area contributed by atoms with E-state index in [1.165, 1.54) is 51.0 Å². The summed E-state index contributed by atoms with van der Waals surface area (Å²) in [5.74, 6) is 0.260. The fraction of sp³-hybridized carbons (Fsp3) is 0.750. The van der Waals surface area contributed by atoms with E-state index in [0.29, 0.717) is 5.75 Å². The van der Waals surface area contributed by atoms with Crippen LogP contribution < -0.4 is 0 Å². The predicted octanol–water partition coefficient (Wildman–Crippen LogP) is 3.77. The first kappa shape index (κ1) is 14.6. The second-order valence-electron chi connectivity index (χ2n) is 3.46. The number of esters is 1. The lowest BCUT2D eigenvalue weighted by Gasteiger charge is -1.96. The summed E-state index contributed by atoms with van der Waals surface area (Å²) in [6, 6.07) is 0. The first-order chi connectivity index (χ1) is 7.31. The van der Waals surface area contributed by atoms with Gasteiger partial charge in [-0.05, 0) is 18.2 Å². The van der Waals surface area contributed by atoms with Gasteiger partial charge in [0.1, 0.15) is 0 Å². The molecule has 0 atom stereocenters. The number of methoxy groups -OCH3 is 1. The van der Waals surface area contributed by atoms with Crippen LogP contribution >= 0.6 is 11.8 Å². The van der Waals surface area contributed by atoms with Crippen LogP contribution in [0.1, 0.15) is 45.4 Å². The number of unbranched alkanes of at least 4 members (excludes halogenated alkanes) is 5. The molecule has 0 aromatic rings. The lowest BCUT2D eigenvalue weighted by atomic mass is 10.1. The summed E-state index contributed by atoms with van der Waals surface area (Å²) >= 11 is 1.50. The van der Waals surface area contributed by atoms with Crippen LogP contribution in [0.4, 0.5) is 0 Å². The number of hydrogen-bond acceptors (Lipinski definition) is 3. The molecule has 0 heterocycles. The maximum atomic E-state index is 10.7. The molecular formula is C12H22O2S. The average molecular weight is 230 g/mol. The molecule has 15 heavy (non-hydrogen) atoms. The molecule has 0 aliphatic rings. The molecule has 0 saturated heterocycles. The van der Waals surface area contributed by atoms with Gasteiger partial charge in [0, 0.05) is 0 Å². The van der Waals surface area contributed by atoms with Crippen molar-refractivity contribution in [1.29, 1.82) is 0 Å². The standard InChI is InChI=1S/C12H22O2S/c1-3-4-5-6-7-8-9-10-15-11-12(13)14-2/h9-10H,3-8,11H2,1-2H3. The van der Waals surface area contributed by atoms with Crippen LogP contribution in [-0.4, -0.2) is 18.8 Å². The summed E-state index contributed by atoms with van der Waals surface area (Å²) in [6.45, 7) is 2.23. The lowest BCUT2D eigenvalue weighted by molar-refractivity contribution is -0.137. The molecule has 0 aliphatic carbocycles. The molecule has 0 bridgehead atoms.